The van der Waals surface area contributed by atoms with Crippen LogP contribution in [-0.2, 0) is 133 Å². The summed E-state index contributed by atoms with van der Waals surface area (Å²) in [6.07, 6.45) is -79.3. The molecule has 49 heteroatoms. The molecule has 0 aromatic carbocycles. The van der Waals surface area contributed by atoms with Gasteiger partial charge in [0.05, 0.1) is 46.2 Å². The Hall–Kier alpha value is -5.11. The number of carboxylic acids is 7. The molecule has 49 nitrogen and oxygen atoms in total. The number of hydrogen-bond acceptors (Lipinski definition) is 42. The van der Waals surface area contributed by atoms with Crippen molar-refractivity contribution in [2.75, 3.05) is 92.5 Å². The van der Waals surface area contributed by atoms with Gasteiger partial charge in [0.15, 0.2) is 44.0 Å². The van der Waals surface area contributed by atoms with E-state index in [4.69, 9.17) is 99.5 Å². The lowest BCUT2D eigenvalue weighted by Crippen LogP contribution is -2.68. The molecule has 602 valence electrons. The average molecular weight is 1540 g/mol. The third kappa shape index (κ3) is 22.1. The van der Waals surface area contributed by atoms with Crippen LogP contribution in [0.2, 0.25) is 0 Å². The van der Waals surface area contributed by atoms with Crippen LogP contribution in [-0.4, -0.2) is 456 Å². The van der Waals surface area contributed by atoms with Gasteiger partial charge < -0.3 is 207 Å². The molecule has 21 heterocycles. The smallest absolute Gasteiger partial charge is 0.329 e. The van der Waals surface area contributed by atoms with Gasteiger partial charge >= 0.3 is 41.8 Å². The molecule has 5 unspecified atom stereocenters. The molecule has 105 heavy (non-hydrogen) atoms. The van der Waals surface area contributed by atoms with Gasteiger partial charge in [0.2, 0.25) is 0 Å². The fourth-order valence-corrected chi connectivity index (χ4v) is 12.2. The molecule has 14 bridgehead atoms. The van der Waals surface area contributed by atoms with Crippen molar-refractivity contribution in [1.29, 1.82) is 0 Å². The minimum absolute atomic E-state index is 0.985. The van der Waals surface area contributed by atoms with Crippen LogP contribution in [0.25, 0.3) is 0 Å². The van der Waals surface area contributed by atoms with Crippen LogP contribution in [0.15, 0.2) is 0 Å². The van der Waals surface area contributed by atoms with Crippen LogP contribution < -0.4 is 0 Å². The summed E-state index contributed by atoms with van der Waals surface area (Å²) >= 11 is 0. The molecule has 0 aliphatic carbocycles. The number of ether oxygens (including phenoxy) is 21. The highest BCUT2D eigenvalue weighted by Crippen LogP contribution is 2.40. The van der Waals surface area contributed by atoms with Crippen molar-refractivity contribution in [2.24, 2.45) is 0 Å². The molecule has 21 aliphatic rings. The molecular weight excluding hydrogens is 1460 g/mol. The lowest BCUT2D eigenvalue weighted by molar-refractivity contribution is -0.397. The van der Waals surface area contributed by atoms with Crippen molar-refractivity contribution in [1.82, 2.24) is 0 Å². The van der Waals surface area contributed by atoms with Gasteiger partial charge in [-0.1, -0.05) is 0 Å². The third-order valence-corrected chi connectivity index (χ3v) is 17.1. The molecule has 21 fully saturated rings. The Bertz CT molecular complexity index is 2300. The number of aliphatic hydroxyl groups is 14. The maximum Gasteiger partial charge on any atom is 0.329 e. The molecule has 0 amide bonds. The van der Waals surface area contributed by atoms with Crippen molar-refractivity contribution in [2.45, 2.75) is 215 Å². The second-order valence-corrected chi connectivity index (χ2v) is 24.7. The molecule has 21 aliphatic heterocycles. The van der Waals surface area contributed by atoms with Crippen LogP contribution in [0.1, 0.15) is 0 Å². The Kier molecular flexibility index (Phi) is 31.8. The number of rotatable bonds is 28. The molecule has 0 radical (unpaired) electrons. The van der Waals surface area contributed by atoms with Gasteiger partial charge in [-0.05, 0) is 0 Å². The largest absolute Gasteiger partial charge is 0.480 e. The number of carbonyl (C=O) groups is 7. The minimum atomic E-state index is -2.47. The highest BCUT2D eigenvalue weighted by molar-refractivity contribution is 5.69. The molecular formula is C56H84O49. The van der Waals surface area contributed by atoms with Crippen molar-refractivity contribution in [3.05, 3.63) is 0 Å². The Labute approximate surface area is 588 Å². The highest BCUT2D eigenvalue weighted by atomic mass is 16.8. The van der Waals surface area contributed by atoms with E-state index in [1.807, 2.05) is 0 Å². The first kappa shape index (κ1) is 85.5. The van der Waals surface area contributed by atoms with Crippen molar-refractivity contribution in [3.8, 4) is 0 Å². The van der Waals surface area contributed by atoms with E-state index in [-0.39, 0.29) is 0 Å². The summed E-state index contributed by atoms with van der Waals surface area (Å²) in [5.41, 5.74) is 0. The van der Waals surface area contributed by atoms with Crippen LogP contribution >= 0.6 is 0 Å². The van der Waals surface area contributed by atoms with Gasteiger partial charge in [-0.3, -0.25) is 0 Å². The minimum Gasteiger partial charge on any atom is -0.480 e. The zero-order valence-electron chi connectivity index (χ0n) is 54.4. The summed E-state index contributed by atoms with van der Waals surface area (Å²) in [5.74, 6) is -11.2. The average Bonchev–Trinajstić information content (AvgIpc) is 0.781. The van der Waals surface area contributed by atoms with Crippen molar-refractivity contribution < 1.29 is 240 Å². The summed E-state index contributed by atoms with van der Waals surface area (Å²) < 4.78 is 119. The molecule has 35 atom stereocenters. The summed E-state index contributed by atoms with van der Waals surface area (Å²) in [4.78, 5) is 81.8. The number of aliphatic hydroxyl groups excluding tert-OH is 14. The first-order valence-electron chi connectivity index (χ1n) is 31.9. The second-order valence-electron chi connectivity index (χ2n) is 24.7. The maximum absolute atomic E-state index is 11.9. The monoisotopic (exact) mass is 1540 g/mol. The SMILES string of the molecule is O=C(O)COC[C@H]1O[C@@H]2O[C@H]3C(O)[C@@H](O)[C@H](O[C@@H]3COCC(=O)O)O[C@H]3C(O)[C@@H](O)[C@H](O[C@@H]3COCC(=O)O)O[C@H]3C(O)[C@@H](O)[C@H](O[C@@H]3COCC(=O)O)O[C@H]3C(O)[C@@H](O)[C@H](O[C@@H]3COCC(=O)O)O[C@H]3C(O)[C@@H](O)[C@@H](O[C@H]4[C@H](O)[C@@H](O)[C@H](O[C@H]1[C@H](O)[C@H]2O)O[C@@H]4COCC(=O)O)O[C@@H]3COCC(=O)O. The molecule has 0 saturated carbocycles. The van der Waals surface area contributed by atoms with Gasteiger partial charge in [0.1, 0.15) is 217 Å². The van der Waals surface area contributed by atoms with Crippen molar-refractivity contribution in [3.63, 3.8) is 0 Å². The van der Waals surface area contributed by atoms with Gasteiger partial charge in [0.25, 0.3) is 0 Å². The van der Waals surface area contributed by atoms with E-state index in [9.17, 15) is 141 Å². The zero-order chi connectivity index (χ0) is 77.0. The summed E-state index contributed by atoms with van der Waals surface area (Å²) in [6, 6.07) is 0. The predicted molar refractivity (Wildman–Crippen MR) is 308 cm³/mol. The van der Waals surface area contributed by atoms with Crippen LogP contribution in [0.4, 0.5) is 0 Å². The fraction of sp³-hybridized carbons (Fsp3) is 0.875. The quantitative estimate of drug-likeness (QED) is 0.0346. The molecule has 0 spiro atoms. The number of carboxylic acid groups (broad SMARTS) is 7. The van der Waals surface area contributed by atoms with Gasteiger partial charge in [-0.2, -0.15) is 0 Å². The zero-order valence-corrected chi connectivity index (χ0v) is 54.4. The number of aliphatic carboxylic acids is 7. The maximum atomic E-state index is 11.9. The van der Waals surface area contributed by atoms with Gasteiger partial charge in [-0.25, -0.2) is 33.6 Å². The van der Waals surface area contributed by atoms with Gasteiger partial charge in [-0.15, -0.1) is 0 Å². The molecule has 0 aromatic heterocycles. The Morgan fingerprint density at radius 1 is 0.181 bits per heavy atom. The third-order valence-electron chi connectivity index (χ3n) is 17.1. The van der Waals surface area contributed by atoms with E-state index in [0.717, 1.165) is 0 Å². The first-order valence-corrected chi connectivity index (χ1v) is 31.9. The van der Waals surface area contributed by atoms with Crippen LogP contribution in [0, 0.1) is 0 Å². The normalized spacial score (nSPS) is 43.5. The Balaban J connectivity index is 1.20. The van der Waals surface area contributed by atoms with E-state index in [1.54, 1.807) is 0 Å². The van der Waals surface area contributed by atoms with Gasteiger partial charge in [0, 0.05) is 0 Å². The Morgan fingerprint density at radius 3 is 0.381 bits per heavy atom. The van der Waals surface area contributed by atoms with E-state index in [2.05, 4.69) is 0 Å². The van der Waals surface area contributed by atoms with Crippen LogP contribution in [0.3, 0.4) is 0 Å². The van der Waals surface area contributed by atoms with E-state index < -0.39 is 349 Å². The predicted octanol–water partition coefficient (Wildman–Crippen LogP) is -14.5. The fourth-order valence-electron chi connectivity index (χ4n) is 12.2. The number of hydrogen-bond donors (Lipinski definition) is 21. The topological polar surface area (TPSA) is 738 Å². The Morgan fingerprint density at radius 2 is 0.286 bits per heavy atom. The molecule has 21 rings (SSSR count). The highest BCUT2D eigenvalue weighted by Gasteiger charge is 2.60. The lowest BCUT2D eigenvalue weighted by Gasteiger charge is -2.50. The van der Waals surface area contributed by atoms with Crippen LogP contribution in [0.5, 0.6) is 0 Å². The molecule has 0 aromatic rings. The molecule has 21 saturated heterocycles. The van der Waals surface area contributed by atoms with E-state index >= 15 is 0 Å². The van der Waals surface area contributed by atoms with E-state index in [0.29, 0.717) is 0 Å². The summed E-state index contributed by atoms with van der Waals surface area (Å²) in [7, 11) is 0. The van der Waals surface area contributed by atoms with Crippen molar-refractivity contribution >= 4 is 41.8 Å². The molecule has 21 N–H and O–H groups in total. The lowest BCUT2D eigenvalue weighted by atomic mass is 9.95. The first-order chi connectivity index (χ1) is 49.6. The van der Waals surface area contributed by atoms with E-state index in [1.165, 1.54) is 0 Å². The standard InChI is InChI=1S/C56H84O49/c57-22(58)8-85-1-15-43-29(71)36(78)50(92-15)100-44-16(2-86-9-23(59)60)94-52(38(80)31(44)73)102-46-18(4-88-11-25(63)64)96-54(40(82)33(46)75)104-48-20(6-90-13-27(67)68)98-56(42(84)35(48)77)105-49-21(7-91-14-28(69)70)97-55(41(83)34(49)76)103-47-19(5-89-12-26(65)66)95-53(39(81)32(47)74)101-45-17(3-87-10-24(61)62)93-51(99-43)37(79)30(45)72/h15-21,29-56,71-84H,1-14H2,(H,57,58)(H,59,60)(H,61,62)(H,63,64)(H,65,66)(H,67,68)(H,69,70)/t15-,16-,17-,18-,19-,20-,21-,29-,30-,31?,32?,33?,34?,35?,36-,37-,38-,39-,40-,41-,42-,43-,44-,45-,46-,47-,48-,49-,50-,51+,52-,53-,54-,55-,56-/m1/s1. The summed E-state index contributed by atoms with van der Waals surface area (Å²) in [6.45, 7) is -14.7. The second kappa shape index (κ2) is 39.0. The summed E-state index contributed by atoms with van der Waals surface area (Å²) in [5, 5.41) is 232.